The molecule has 0 radical (unpaired) electrons. The van der Waals surface area contributed by atoms with Crippen LogP contribution in [0.3, 0.4) is 0 Å². The Morgan fingerprint density at radius 3 is 2.60 bits per heavy atom. The highest BCUT2D eigenvalue weighted by molar-refractivity contribution is 6.32. The van der Waals surface area contributed by atoms with Gasteiger partial charge in [-0.25, -0.2) is 0 Å². The van der Waals surface area contributed by atoms with Gasteiger partial charge >= 0.3 is 0 Å². The quantitative estimate of drug-likeness (QED) is 0.814. The van der Waals surface area contributed by atoms with Crippen LogP contribution >= 0.6 is 11.6 Å². The maximum Gasteiger partial charge on any atom is 0.261 e. The smallest absolute Gasteiger partial charge is 0.261 e. The molecule has 0 aliphatic rings. The molecule has 2 N–H and O–H groups in total. The van der Waals surface area contributed by atoms with E-state index in [0.29, 0.717) is 17.2 Å². The van der Waals surface area contributed by atoms with E-state index in [1.165, 1.54) is 0 Å². The fraction of sp³-hybridized carbons (Fsp3) is 0.533. The van der Waals surface area contributed by atoms with Crippen LogP contribution in [0.15, 0.2) is 24.3 Å². The molecule has 0 aliphatic carbocycles. The number of hydrogen-bond donors (Lipinski definition) is 2. The topological polar surface area (TPSA) is 58.6 Å². The summed E-state index contributed by atoms with van der Waals surface area (Å²) in [6, 6.07) is 7.04. The van der Waals surface area contributed by atoms with Crippen LogP contribution in [0.25, 0.3) is 0 Å². The minimum absolute atomic E-state index is 0.0971. The molecule has 0 spiro atoms. The minimum atomic E-state index is -0.616. The van der Waals surface area contributed by atoms with E-state index in [1.54, 1.807) is 24.3 Å². The van der Waals surface area contributed by atoms with Crippen molar-refractivity contribution in [2.75, 3.05) is 6.54 Å². The second kappa shape index (κ2) is 8.12. The van der Waals surface area contributed by atoms with Crippen molar-refractivity contribution < 1.29 is 14.6 Å². The number of aliphatic hydroxyl groups is 1. The highest BCUT2D eigenvalue weighted by Crippen LogP contribution is 2.24. The van der Waals surface area contributed by atoms with Crippen molar-refractivity contribution in [2.45, 2.75) is 39.4 Å². The van der Waals surface area contributed by atoms with Crippen molar-refractivity contribution >= 4 is 17.5 Å². The predicted octanol–water partition coefficient (Wildman–Crippen LogP) is 2.63. The molecule has 0 aliphatic heterocycles. The molecule has 1 aromatic rings. The number of aliphatic hydroxyl groups excluding tert-OH is 1. The standard InChI is InChI=1S/C15H22ClNO3/c1-4-13(15(19)17-9-12(18)10(2)3)20-14-8-6-5-7-11(14)16/h5-8,10,12-13,18H,4,9H2,1-3H3,(H,17,19). The number of hydrogen-bond acceptors (Lipinski definition) is 3. The van der Waals surface area contributed by atoms with Gasteiger partial charge in [-0.05, 0) is 24.5 Å². The fourth-order valence-electron chi connectivity index (χ4n) is 1.57. The predicted molar refractivity (Wildman–Crippen MR) is 80.0 cm³/mol. The molecule has 0 saturated heterocycles. The maximum absolute atomic E-state index is 12.0. The molecular formula is C15H22ClNO3. The van der Waals surface area contributed by atoms with Crippen molar-refractivity contribution in [1.82, 2.24) is 5.32 Å². The zero-order valence-electron chi connectivity index (χ0n) is 12.1. The third-order valence-corrected chi connectivity index (χ3v) is 3.34. The lowest BCUT2D eigenvalue weighted by molar-refractivity contribution is -0.128. The van der Waals surface area contributed by atoms with Crippen LogP contribution in [0.1, 0.15) is 27.2 Å². The lowest BCUT2D eigenvalue weighted by atomic mass is 10.1. The molecule has 2 unspecified atom stereocenters. The molecule has 1 rings (SSSR count). The van der Waals surface area contributed by atoms with E-state index in [9.17, 15) is 9.90 Å². The third-order valence-electron chi connectivity index (χ3n) is 3.02. The first-order valence-corrected chi connectivity index (χ1v) is 7.20. The Bertz CT molecular complexity index is 437. The molecule has 4 nitrogen and oxygen atoms in total. The van der Waals surface area contributed by atoms with Gasteiger partial charge in [0.15, 0.2) is 6.10 Å². The van der Waals surface area contributed by atoms with Gasteiger partial charge in [-0.1, -0.05) is 44.5 Å². The molecule has 0 fully saturated rings. The van der Waals surface area contributed by atoms with E-state index >= 15 is 0 Å². The number of halogens is 1. The molecule has 5 heteroatoms. The average Bonchev–Trinajstić information content (AvgIpc) is 2.43. The van der Waals surface area contributed by atoms with Crippen LogP contribution in [0.4, 0.5) is 0 Å². The Kier molecular flexibility index (Phi) is 6.82. The molecule has 1 amide bonds. The van der Waals surface area contributed by atoms with Crippen molar-refractivity contribution in [1.29, 1.82) is 0 Å². The zero-order chi connectivity index (χ0) is 15.1. The molecule has 112 valence electrons. The molecule has 2 atom stereocenters. The Morgan fingerprint density at radius 1 is 1.40 bits per heavy atom. The number of amides is 1. The SMILES string of the molecule is CCC(Oc1ccccc1Cl)C(=O)NCC(O)C(C)C. The first-order valence-electron chi connectivity index (χ1n) is 6.82. The largest absolute Gasteiger partial charge is 0.479 e. The normalized spacial score (nSPS) is 13.9. The number of para-hydroxylation sites is 1. The molecule has 0 aromatic heterocycles. The van der Waals surface area contributed by atoms with Crippen LogP contribution in [-0.2, 0) is 4.79 Å². The Morgan fingerprint density at radius 2 is 2.05 bits per heavy atom. The molecule has 0 bridgehead atoms. The number of nitrogens with one attached hydrogen (secondary N) is 1. The van der Waals surface area contributed by atoms with Crippen LogP contribution in [-0.4, -0.2) is 29.8 Å². The van der Waals surface area contributed by atoms with E-state index in [-0.39, 0.29) is 18.4 Å². The zero-order valence-corrected chi connectivity index (χ0v) is 12.9. The number of carbonyl (C=O) groups is 1. The summed E-state index contributed by atoms with van der Waals surface area (Å²) in [6.07, 6.45) is -0.652. The van der Waals surface area contributed by atoms with Crippen molar-refractivity contribution in [3.8, 4) is 5.75 Å². The third kappa shape index (κ3) is 5.02. The van der Waals surface area contributed by atoms with Crippen LogP contribution in [0.2, 0.25) is 5.02 Å². The van der Waals surface area contributed by atoms with E-state index in [0.717, 1.165) is 0 Å². The monoisotopic (exact) mass is 299 g/mol. The average molecular weight is 300 g/mol. The number of ether oxygens (including phenoxy) is 1. The lowest BCUT2D eigenvalue weighted by Crippen LogP contribution is -2.42. The maximum atomic E-state index is 12.0. The molecular weight excluding hydrogens is 278 g/mol. The summed E-state index contributed by atoms with van der Waals surface area (Å²) in [4.78, 5) is 12.0. The van der Waals surface area contributed by atoms with E-state index in [1.807, 2.05) is 20.8 Å². The van der Waals surface area contributed by atoms with Crippen LogP contribution in [0, 0.1) is 5.92 Å². The van der Waals surface area contributed by atoms with Crippen molar-refractivity contribution in [3.63, 3.8) is 0 Å². The summed E-state index contributed by atoms with van der Waals surface area (Å²) in [5.41, 5.74) is 0. The molecule has 20 heavy (non-hydrogen) atoms. The first-order chi connectivity index (χ1) is 9.45. The van der Waals surface area contributed by atoms with Gasteiger partial charge in [-0.3, -0.25) is 4.79 Å². The van der Waals surface area contributed by atoms with Gasteiger partial charge in [0.2, 0.25) is 0 Å². The molecule has 0 heterocycles. The van der Waals surface area contributed by atoms with Gasteiger partial charge in [0.05, 0.1) is 11.1 Å². The minimum Gasteiger partial charge on any atom is -0.479 e. The van der Waals surface area contributed by atoms with Gasteiger partial charge in [-0.2, -0.15) is 0 Å². The number of carbonyl (C=O) groups excluding carboxylic acids is 1. The summed E-state index contributed by atoms with van der Waals surface area (Å²) >= 11 is 6.00. The summed E-state index contributed by atoms with van der Waals surface area (Å²) < 4.78 is 5.62. The molecule has 1 aromatic carbocycles. The van der Waals surface area contributed by atoms with Gasteiger partial charge in [0.25, 0.3) is 5.91 Å². The van der Waals surface area contributed by atoms with Crippen LogP contribution < -0.4 is 10.1 Å². The van der Waals surface area contributed by atoms with Gasteiger partial charge in [-0.15, -0.1) is 0 Å². The van der Waals surface area contributed by atoms with E-state index in [4.69, 9.17) is 16.3 Å². The Labute approximate surface area is 125 Å². The fourth-order valence-corrected chi connectivity index (χ4v) is 1.75. The number of benzene rings is 1. The lowest BCUT2D eigenvalue weighted by Gasteiger charge is -2.20. The highest BCUT2D eigenvalue weighted by Gasteiger charge is 2.20. The molecule has 0 saturated carbocycles. The second-order valence-corrected chi connectivity index (χ2v) is 5.41. The van der Waals surface area contributed by atoms with Gasteiger partial charge in [0, 0.05) is 6.54 Å². The van der Waals surface area contributed by atoms with E-state index < -0.39 is 12.2 Å². The first kappa shape index (κ1) is 16.8. The Hall–Kier alpha value is -1.26. The summed E-state index contributed by atoms with van der Waals surface area (Å²) in [7, 11) is 0. The van der Waals surface area contributed by atoms with Gasteiger partial charge < -0.3 is 15.2 Å². The van der Waals surface area contributed by atoms with Crippen molar-refractivity contribution in [3.05, 3.63) is 29.3 Å². The Balaban J connectivity index is 2.58. The summed E-state index contributed by atoms with van der Waals surface area (Å²) in [5, 5.41) is 12.9. The van der Waals surface area contributed by atoms with Crippen LogP contribution in [0.5, 0.6) is 5.75 Å². The van der Waals surface area contributed by atoms with Gasteiger partial charge in [0.1, 0.15) is 5.75 Å². The summed E-state index contributed by atoms with van der Waals surface area (Å²) in [6.45, 7) is 5.88. The number of rotatable bonds is 7. The van der Waals surface area contributed by atoms with E-state index in [2.05, 4.69) is 5.32 Å². The second-order valence-electron chi connectivity index (χ2n) is 5.00. The van der Waals surface area contributed by atoms with Crippen molar-refractivity contribution in [2.24, 2.45) is 5.92 Å². The highest BCUT2D eigenvalue weighted by atomic mass is 35.5. The summed E-state index contributed by atoms with van der Waals surface area (Å²) in [5.74, 6) is 0.340.